The molecule has 0 unspecified atom stereocenters. The summed E-state index contributed by atoms with van der Waals surface area (Å²) in [4.78, 5) is 0. The van der Waals surface area contributed by atoms with Gasteiger partial charge in [-0.25, -0.2) is 0 Å². The third-order valence-electron chi connectivity index (χ3n) is 1.25. The van der Waals surface area contributed by atoms with Crippen molar-refractivity contribution in [3.05, 3.63) is 0 Å². The largest absolute Gasteiger partial charge is 0.343 e. The summed E-state index contributed by atoms with van der Waals surface area (Å²) in [6.07, 6.45) is -0.286. The van der Waals surface area contributed by atoms with Gasteiger partial charge < -0.3 is 20.4 Å². The molecule has 0 heterocycles. The molecule has 0 aliphatic carbocycles. The van der Waals surface area contributed by atoms with Crippen LogP contribution < -0.4 is 0 Å². The van der Waals surface area contributed by atoms with Gasteiger partial charge in [-0.2, -0.15) is 0 Å². The molecule has 0 aromatic rings. The SMILES string of the molecule is CCC(O)(O)OC(O)(O)CC. The van der Waals surface area contributed by atoms with E-state index in [0.717, 1.165) is 0 Å². The van der Waals surface area contributed by atoms with Crippen LogP contribution in [0.3, 0.4) is 0 Å². The topological polar surface area (TPSA) is 90.2 Å². The number of hydrogen-bond donors (Lipinski definition) is 4. The van der Waals surface area contributed by atoms with Crippen LogP contribution in [0.25, 0.3) is 0 Å². The molecule has 5 heteroatoms. The molecule has 0 amide bonds. The van der Waals surface area contributed by atoms with E-state index in [0.29, 0.717) is 0 Å². The van der Waals surface area contributed by atoms with E-state index in [1.807, 2.05) is 0 Å². The second-order valence-corrected chi connectivity index (χ2v) is 2.30. The van der Waals surface area contributed by atoms with Crippen LogP contribution in [-0.4, -0.2) is 32.4 Å². The Bertz CT molecular complexity index is 106. The summed E-state index contributed by atoms with van der Waals surface area (Å²) in [7, 11) is 0. The maximum absolute atomic E-state index is 8.80. The minimum absolute atomic E-state index is 0.143. The molecule has 0 saturated carbocycles. The van der Waals surface area contributed by atoms with E-state index in [-0.39, 0.29) is 12.8 Å². The van der Waals surface area contributed by atoms with E-state index in [1.54, 1.807) is 0 Å². The lowest BCUT2D eigenvalue weighted by Crippen LogP contribution is -2.44. The Morgan fingerprint density at radius 3 is 1.36 bits per heavy atom. The monoisotopic (exact) mass is 166 g/mol. The van der Waals surface area contributed by atoms with Gasteiger partial charge in [0.25, 0.3) is 11.9 Å². The van der Waals surface area contributed by atoms with Gasteiger partial charge in [0.1, 0.15) is 0 Å². The maximum atomic E-state index is 8.80. The fourth-order valence-corrected chi connectivity index (χ4v) is 0.406. The molecular formula is C6H14O5. The Morgan fingerprint density at radius 2 is 1.18 bits per heavy atom. The van der Waals surface area contributed by atoms with Gasteiger partial charge in [-0.05, 0) is 0 Å². The van der Waals surface area contributed by atoms with Crippen LogP contribution in [0.1, 0.15) is 26.7 Å². The van der Waals surface area contributed by atoms with Crippen molar-refractivity contribution < 1.29 is 25.2 Å². The summed E-state index contributed by atoms with van der Waals surface area (Å²) in [6, 6.07) is 0. The minimum Gasteiger partial charge on any atom is -0.343 e. The molecule has 0 aromatic heterocycles. The lowest BCUT2D eigenvalue weighted by molar-refractivity contribution is -0.471. The molecule has 0 saturated heterocycles. The van der Waals surface area contributed by atoms with Crippen molar-refractivity contribution in [1.29, 1.82) is 0 Å². The molecule has 4 N–H and O–H groups in total. The van der Waals surface area contributed by atoms with Crippen molar-refractivity contribution >= 4 is 0 Å². The molecule has 0 aliphatic rings. The quantitative estimate of drug-likeness (QED) is 0.406. The fourth-order valence-electron chi connectivity index (χ4n) is 0.406. The second kappa shape index (κ2) is 3.46. The highest BCUT2D eigenvalue weighted by Crippen LogP contribution is 2.17. The van der Waals surface area contributed by atoms with Crippen LogP contribution in [0.4, 0.5) is 0 Å². The normalized spacial score (nSPS) is 13.6. The van der Waals surface area contributed by atoms with Crippen LogP contribution in [0.5, 0.6) is 0 Å². The van der Waals surface area contributed by atoms with Crippen LogP contribution >= 0.6 is 0 Å². The maximum Gasteiger partial charge on any atom is 0.281 e. The highest BCUT2D eigenvalue weighted by molar-refractivity contribution is 4.52. The molecular weight excluding hydrogens is 152 g/mol. The van der Waals surface area contributed by atoms with Gasteiger partial charge in [0.15, 0.2) is 0 Å². The third-order valence-corrected chi connectivity index (χ3v) is 1.25. The standard InChI is InChI=1S/C6H14O5/c1-3-5(7,8)11-6(9,10)4-2/h7-10H,3-4H2,1-2H3. The zero-order valence-corrected chi connectivity index (χ0v) is 6.61. The Kier molecular flexibility index (Phi) is 3.40. The van der Waals surface area contributed by atoms with Gasteiger partial charge in [0.2, 0.25) is 0 Å². The third kappa shape index (κ3) is 4.28. The number of hydrogen-bond acceptors (Lipinski definition) is 5. The smallest absolute Gasteiger partial charge is 0.281 e. The van der Waals surface area contributed by atoms with Gasteiger partial charge in [-0.3, -0.25) is 4.74 Å². The Morgan fingerprint density at radius 1 is 0.909 bits per heavy atom. The average Bonchev–Trinajstić information content (AvgIpc) is 1.86. The van der Waals surface area contributed by atoms with E-state index in [9.17, 15) is 0 Å². The highest BCUT2D eigenvalue weighted by Gasteiger charge is 2.33. The summed E-state index contributed by atoms with van der Waals surface area (Å²) in [6.45, 7) is 2.87. The predicted molar refractivity (Wildman–Crippen MR) is 36.0 cm³/mol. The van der Waals surface area contributed by atoms with Gasteiger partial charge in [-0.1, -0.05) is 13.8 Å². The first-order valence-corrected chi connectivity index (χ1v) is 3.42. The first-order valence-electron chi connectivity index (χ1n) is 3.42. The van der Waals surface area contributed by atoms with E-state index < -0.39 is 11.9 Å². The molecule has 11 heavy (non-hydrogen) atoms. The summed E-state index contributed by atoms with van der Waals surface area (Å²) >= 11 is 0. The summed E-state index contributed by atoms with van der Waals surface area (Å²) in [5.74, 6) is -4.95. The molecule has 5 nitrogen and oxygen atoms in total. The van der Waals surface area contributed by atoms with Crippen molar-refractivity contribution in [3.63, 3.8) is 0 Å². The van der Waals surface area contributed by atoms with E-state index in [4.69, 9.17) is 20.4 Å². The van der Waals surface area contributed by atoms with E-state index >= 15 is 0 Å². The summed E-state index contributed by atoms with van der Waals surface area (Å²) in [5, 5.41) is 35.2. The average molecular weight is 166 g/mol. The first-order chi connectivity index (χ1) is 4.83. The number of aliphatic hydroxyl groups is 4. The zero-order valence-electron chi connectivity index (χ0n) is 6.61. The van der Waals surface area contributed by atoms with Crippen LogP contribution in [0, 0.1) is 0 Å². The predicted octanol–water partition coefficient (Wildman–Crippen LogP) is -0.900. The fraction of sp³-hybridized carbons (Fsp3) is 1.00. The molecule has 0 radical (unpaired) electrons. The Balaban J connectivity index is 4.02. The van der Waals surface area contributed by atoms with Crippen LogP contribution in [0.2, 0.25) is 0 Å². The Hall–Kier alpha value is -0.200. The van der Waals surface area contributed by atoms with E-state index in [1.165, 1.54) is 13.8 Å². The highest BCUT2D eigenvalue weighted by atomic mass is 16.9. The van der Waals surface area contributed by atoms with Gasteiger partial charge in [0.05, 0.1) is 0 Å². The van der Waals surface area contributed by atoms with Crippen molar-refractivity contribution in [2.45, 2.75) is 38.6 Å². The summed E-state index contributed by atoms with van der Waals surface area (Å²) < 4.78 is 4.15. The molecule has 0 fully saturated rings. The second-order valence-electron chi connectivity index (χ2n) is 2.30. The van der Waals surface area contributed by atoms with Crippen molar-refractivity contribution in [1.82, 2.24) is 0 Å². The molecule has 0 aliphatic heterocycles. The molecule has 0 rings (SSSR count). The minimum atomic E-state index is -2.47. The van der Waals surface area contributed by atoms with Gasteiger partial charge >= 0.3 is 0 Å². The van der Waals surface area contributed by atoms with Gasteiger partial charge in [0, 0.05) is 12.8 Å². The zero-order chi connectivity index (χ0) is 9.12. The molecule has 0 atom stereocenters. The van der Waals surface area contributed by atoms with Crippen molar-refractivity contribution in [2.75, 3.05) is 0 Å². The van der Waals surface area contributed by atoms with Crippen LogP contribution in [-0.2, 0) is 4.74 Å². The molecule has 0 bridgehead atoms. The number of ether oxygens (including phenoxy) is 1. The molecule has 0 spiro atoms. The summed E-state index contributed by atoms with van der Waals surface area (Å²) in [5.41, 5.74) is 0. The molecule has 0 aromatic carbocycles. The lowest BCUT2D eigenvalue weighted by atomic mass is 10.4. The van der Waals surface area contributed by atoms with Gasteiger partial charge in [-0.15, -0.1) is 0 Å². The van der Waals surface area contributed by atoms with Crippen molar-refractivity contribution in [3.8, 4) is 0 Å². The molecule has 68 valence electrons. The van der Waals surface area contributed by atoms with E-state index in [2.05, 4.69) is 4.74 Å². The van der Waals surface area contributed by atoms with Crippen LogP contribution in [0.15, 0.2) is 0 Å². The lowest BCUT2D eigenvalue weighted by Gasteiger charge is -2.28. The first kappa shape index (κ1) is 10.8. The van der Waals surface area contributed by atoms with Crippen molar-refractivity contribution in [2.24, 2.45) is 0 Å². The Labute approximate surface area is 64.9 Å². The number of rotatable bonds is 4.